The summed E-state index contributed by atoms with van der Waals surface area (Å²) in [5.41, 5.74) is 6.06. The van der Waals surface area contributed by atoms with Crippen LogP contribution in [0.15, 0.2) is 115 Å². The van der Waals surface area contributed by atoms with Crippen LogP contribution >= 0.6 is 17.2 Å². The standard InChI is InChI=1S/C34H36ClOP/c1-26(21-22-33-27(2)25-34(36-5)29(4)28(33)3)23-24-37(35,30-15-9-6-10-16-30,31-17-11-7-12-18-31)32-19-13-8-14-20-32/h6-23,25H,24H2,1-5H3/b22-21+,26-23+. The zero-order valence-electron chi connectivity index (χ0n) is 22.4. The van der Waals surface area contributed by atoms with Gasteiger partial charge in [0, 0.05) is 0 Å². The molecule has 37 heavy (non-hydrogen) atoms. The third kappa shape index (κ3) is 5.04. The number of methoxy groups -OCH3 is 1. The summed E-state index contributed by atoms with van der Waals surface area (Å²) in [6.45, 7) is 8.58. The SMILES string of the molecule is COc1cc(C)c(/C=C/C(C)=C/CP(Cl)(c2ccccc2)(c2ccccc2)c2ccccc2)c(C)c1C. The van der Waals surface area contributed by atoms with Gasteiger partial charge >= 0.3 is 228 Å². The molecule has 0 atom stereocenters. The van der Waals surface area contributed by atoms with Crippen LogP contribution < -0.4 is 20.7 Å². The minimum atomic E-state index is -3.31. The van der Waals surface area contributed by atoms with E-state index in [1.54, 1.807) is 7.11 Å². The van der Waals surface area contributed by atoms with Gasteiger partial charge in [-0.1, -0.05) is 0 Å². The van der Waals surface area contributed by atoms with Gasteiger partial charge in [0.2, 0.25) is 0 Å². The fraction of sp³-hybridized carbons (Fsp3) is 0.176. The van der Waals surface area contributed by atoms with Gasteiger partial charge in [-0.2, -0.15) is 0 Å². The Bertz CT molecular complexity index is 1320. The number of allylic oxidation sites excluding steroid dienone is 3. The van der Waals surface area contributed by atoms with Crippen molar-refractivity contribution in [2.75, 3.05) is 13.3 Å². The van der Waals surface area contributed by atoms with Crippen LogP contribution in [0.25, 0.3) is 6.08 Å². The molecule has 0 aliphatic heterocycles. The molecule has 0 aromatic heterocycles. The predicted octanol–water partition coefficient (Wildman–Crippen LogP) is 8.26. The van der Waals surface area contributed by atoms with Crippen molar-refractivity contribution < 1.29 is 4.74 Å². The van der Waals surface area contributed by atoms with Crippen LogP contribution in [0.2, 0.25) is 0 Å². The predicted molar refractivity (Wildman–Crippen MR) is 166 cm³/mol. The monoisotopic (exact) mass is 526 g/mol. The number of hydrogen-bond acceptors (Lipinski definition) is 1. The molecule has 1 nitrogen and oxygen atoms in total. The summed E-state index contributed by atoms with van der Waals surface area (Å²) in [5.74, 6) is -2.37. The Morgan fingerprint density at radius 1 is 0.757 bits per heavy atom. The molecule has 0 amide bonds. The van der Waals surface area contributed by atoms with E-state index >= 15 is 0 Å². The number of halogens is 1. The Balaban J connectivity index is 1.84. The Kier molecular flexibility index (Phi) is 8.08. The Morgan fingerprint density at radius 3 is 1.65 bits per heavy atom. The summed E-state index contributed by atoms with van der Waals surface area (Å²) in [6, 6.07) is 34.0. The van der Waals surface area contributed by atoms with E-state index in [4.69, 9.17) is 16.0 Å². The van der Waals surface area contributed by atoms with Gasteiger partial charge in [-0.15, -0.1) is 0 Å². The zero-order valence-corrected chi connectivity index (χ0v) is 24.1. The van der Waals surface area contributed by atoms with Gasteiger partial charge in [0.25, 0.3) is 0 Å². The molecule has 4 aromatic carbocycles. The molecule has 190 valence electrons. The summed E-state index contributed by atoms with van der Waals surface area (Å²) >= 11 is 8.19. The summed E-state index contributed by atoms with van der Waals surface area (Å²) in [4.78, 5) is 0. The molecule has 0 N–H and O–H groups in total. The molecule has 0 bridgehead atoms. The van der Waals surface area contributed by atoms with E-state index in [-0.39, 0.29) is 0 Å². The average Bonchev–Trinajstić information content (AvgIpc) is 2.95. The first-order chi connectivity index (χ1) is 17.8. The topological polar surface area (TPSA) is 9.23 Å². The second-order valence-corrected chi connectivity index (χ2v) is 16.2. The molecule has 4 rings (SSSR count). The van der Waals surface area contributed by atoms with Crippen molar-refractivity contribution in [3.05, 3.63) is 137 Å². The van der Waals surface area contributed by atoms with Crippen LogP contribution in [0.3, 0.4) is 0 Å². The number of benzene rings is 4. The van der Waals surface area contributed by atoms with Crippen molar-refractivity contribution >= 4 is 39.2 Å². The molecule has 0 saturated heterocycles. The summed E-state index contributed by atoms with van der Waals surface area (Å²) < 4.78 is 5.55. The van der Waals surface area contributed by atoms with Crippen LogP contribution in [0.1, 0.15) is 29.2 Å². The van der Waals surface area contributed by atoms with Gasteiger partial charge in [0.15, 0.2) is 0 Å². The first kappa shape index (κ1) is 26.9. The maximum atomic E-state index is 8.19. The molecule has 0 heterocycles. The average molecular weight is 527 g/mol. The van der Waals surface area contributed by atoms with E-state index in [1.165, 1.54) is 43.7 Å². The minimum absolute atomic E-state index is 0.723. The molecule has 0 radical (unpaired) electrons. The van der Waals surface area contributed by atoms with Crippen LogP contribution in [-0.4, -0.2) is 13.3 Å². The Labute approximate surface area is 227 Å². The molecule has 0 aliphatic carbocycles. The third-order valence-electron chi connectivity index (χ3n) is 7.48. The Hall–Kier alpha value is -3.12. The van der Waals surface area contributed by atoms with Crippen LogP contribution in [0, 0.1) is 20.8 Å². The van der Waals surface area contributed by atoms with E-state index in [0.717, 1.165) is 11.9 Å². The second-order valence-electron chi connectivity index (χ2n) is 9.71. The van der Waals surface area contributed by atoms with Crippen molar-refractivity contribution in [3.8, 4) is 5.75 Å². The summed E-state index contributed by atoms with van der Waals surface area (Å²) in [6.07, 6.45) is 7.47. The van der Waals surface area contributed by atoms with E-state index in [1.807, 2.05) is 0 Å². The molecule has 3 heteroatoms. The molecular weight excluding hydrogens is 491 g/mol. The molecule has 0 unspecified atom stereocenters. The number of aryl methyl sites for hydroxylation is 1. The van der Waals surface area contributed by atoms with Gasteiger partial charge < -0.3 is 0 Å². The summed E-state index contributed by atoms with van der Waals surface area (Å²) in [7, 11) is 1.73. The second kappa shape index (κ2) is 11.1. The van der Waals surface area contributed by atoms with Crippen molar-refractivity contribution in [2.24, 2.45) is 0 Å². The van der Waals surface area contributed by atoms with Crippen LogP contribution in [0.4, 0.5) is 0 Å². The maximum absolute atomic E-state index is 8.19. The molecule has 0 spiro atoms. The van der Waals surface area contributed by atoms with Crippen LogP contribution in [-0.2, 0) is 0 Å². The van der Waals surface area contributed by atoms with Crippen molar-refractivity contribution in [1.29, 1.82) is 0 Å². The molecule has 0 aliphatic rings. The van der Waals surface area contributed by atoms with E-state index in [2.05, 4.69) is 143 Å². The quantitative estimate of drug-likeness (QED) is 0.166. The first-order valence-electron chi connectivity index (χ1n) is 12.7. The Morgan fingerprint density at radius 2 is 1.22 bits per heavy atom. The van der Waals surface area contributed by atoms with Crippen LogP contribution in [0.5, 0.6) is 5.75 Å². The van der Waals surface area contributed by atoms with Crippen molar-refractivity contribution in [2.45, 2.75) is 27.7 Å². The number of hydrogen-bond donors (Lipinski definition) is 0. The number of rotatable bonds is 8. The fourth-order valence-corrected chi connectivity index (χ4v) is 10.9. The van der Waals surface area contributed by atoms with E-state index in [0.29, 0.717) is 0 Å². The van der Waals surface area contributed by atoms with Gasteiger partial charge in [0.05, 0.1) is 0 Å². The van der Waals surface area contributed by atoms with E-state index < -0.39 is 5.96 Å². The molecular formula is C34H36ClOP. The first-order valence-corrected chi connectivity index (χ1v) is 16.0. The molecule has 4 aromatic rings. The molecule has 0 saturated carbocycles. The fourth-order valence-electron chi connectivity index (χ4n) is 5.11. The van der Waals surface area contributed by atoms with Gasteiger partial charge in [-0.3, -0.25) is 0 Å². The van der Waals surface area contributed by atoms with Gasteiger partial charge in [-0.05, 0) is 0 Å². The van der Waals surface area contributed by atoms with E-state index in [9.17, 15) is 0 Å². The molecule has 0 fully saturated rings. The number of ether oxygens (including phenoxy) is 1. The van der Waals surface area contributed by atoms with Gasteiger partial charge in [-0.25, -0.2) is 0 Å². The summed E-state index contributed by atoms with van der Waals surface area (Å²) in [5, 5.41) is 3.54. The van der Waals surface area contributed by atoms with Gasteiger partial charge in [0.1, 0.15) is 0 Å². The zero-order chi connectivity index (χ0) is 26.5. The normalized spacial score (nSPS) is 13.4. The third-order valence-corrected chi connectivity index (χ3v) is 14.6. The van der Waals surface area contributed by atoms with Crippen molar-refractivity contribution in [1.82, 2.24) is 0 Å². The van der Waals surface area contributed by atoms with Crippen molar-refractivity contribution in [3.63, 3.8) is 0 Å².